The Morgan fingerprint density at radius 3 is 2.68 bits per heavy atom. The van der Waals surface area contributed by atoms with Crippen LogP contribution in [0.25, 0.3) is 0 Å². The molecule has 4 nitrogen and oxygen atoms in total. The van der Waals surface area contributed by atoms with Gasteiger partial charge in [0.2, 0.25) is 0 Å². The number of fused-ring (bicyclic) bond motifs is 1. The third kappa shape index (κ3) is 6.88. The lowest BCUT2D eigenvalue weighted by Gasteiger charge is -2.18. The van der Waals surface area contributed by atoms with Crippen molar-refractivity contribution in [1.29, 1.82) is 0 Å². The molecule has 2 aromatic rings. The molecule has 0 saturated carbocycles. The van der Waals surface area contributed by atoms with Crippen LogP contribution in [-0.4, -0.2) is 24.3 Å². The van der Waals surface area contributed by atoms with Crippen LogP contribution in [0.1, 0.15) is 68.8 Å². The van der Waals surface area contributed by atoms with E-state index in [1.807, 2.05) is 42.5 Å². The van der Waals surface area contributed by atoms with Crippen LogP contribution in [0, 0.1) is 0 Å². The van der Waals surface area contributed by atoms with Gasteiger partial charge in [-0.05, 0) is 44.9 Å². The number of carbonyl (C=O) groups is 1. The Kier molecular flexibility index (Phi) is 8.16. The minimum atomic E-state index is -0.258. The van der Waals surface area contributed by atoms with Crippen molar-refractivity contribution < 1.29 is 19.0 Å². The zero-order valence-corrected chi connectivity index (χ0v) is 18.9. The summed E-state index contributed by atoms with van der Waals surface area (Å²) in [6.45, 7) is 6.81. The van der Waals surface area contributed by atoms with Crippen molar-refractivity contribution in [2.24, 2.45) is 0 Å². The minimum absolute atomic E-state index is 0.124. The third-order valence-corrected chi connectivity index (χ3v) is 5.37. The molecule has 0 aliphatic carbocycles. The van der Waals surface area contributed by atoms with Gasteiger partial charge in [-0.25, -0.2) is 4.79 Å². The minimum Gasteiger partial charge on any atom is -0.486 e. The predicted octanol–water partition coefficient (Wildman–Crippen LogP) is 6.53. The lowest BCUT2D eigenvalue weighted by atomic mass is 10.0. The zero-order valence-electron chi connectivity index (χ0n) is 18.9. The highest BCUT2D eigenvalue weighted by Gasteiger charge is 2.32. The number of unbranched alkanes of at least 4 members (excludes halogenated alkanes) is 2. The second-order valence-electron chi connectivity index (χ2n) is 8.69. The maximum absolute atomic E-state index is 12.4. The van der Waals surface area contributed by atoms with Gasteiger partial charge < -0.3 is 14.2 Å². The SMILES string of the molecule is CCCCCC(C/C=C/COc1cccc2c1OC(C)(C)C2)OC(=O)c1ccccc1. The molecule has 0 fully saturated rings. The largest absolute Gasteiger partial charge is 0.486 e. The van der Waals surface area contributed by atoms with Crippen LogP contribution in [0.15, 0.2) is 60.7 Å². The summed E-state index contributed by atoms with van der Waals surface area (Å²) in [7, 11) is 0. The molecule has 31 heavy (non-hydrogen) atoms. The van der Waals surface area contributed by atoms with Gasteiger partial charge in [-0.3, -0.25) is 0 Å². The van der Waals surface area contributed by atoms with Gasteiger partial charge in [0.15, 0.2) is 11.5 Å². The van der Waals surface area contributed by atoms with E-state index in [1.54, 1.807) is 12.1 Å². The lowest BCUT2D eigenvalue weighted by molar-refractivity contribution is 0.0283. The molecule has 166 valence electrons. The highest BCUT2D eigenvalue weighted by atomic mass is 16.5. The van der Waals surface area contributed by atoms with Gasteiger partial charge in [0, 0.05) is 18.4 Å². The number of esters is 1. The second kappa shape index (κ2) is 11.0. The first-order valence-corrected chi connectivity index (χ1v) is 11.3. The smallest absolute Gasteiger partial charge is 0.338 e. The fraction of sp³-hybridized carbons (Fsp3) is 0.444. The molecule has 1 aliphatic rings. The van der Waals surface area contributed by atoms with Crippen molar-refractivity contribution in [2.45, 2.75) is 71.0 Å². The van der Waals surface area contributed by atoms with E-state index in [9.17, 15) is 4.79 Å². The number of rotatable bonds is 11. The van der Waals surface area contributed by atoms with E-state index in [0.29, 0.717) is 18.6 Å². The van der Waals surface area contributed by atoms with Crippen molar-refractivity contribution in [3.63, 3.8) is 0 Å². The van der Waals surface area contributed by atoms with Gasteiger partial charge in [-0.2, -0.15) is 0 Å². The maximum Gasteiger partial charge on any atom is 0.338 e. The Hall–Kier alpha value is -2.75. The quantitative estimate of drug-likeness (QED) is 0.235. The van der Waals surface area contributed by atoms with Crippen LogP contribution in [0.5, 0.6) is 11.5 Å². The highest BCUT2D eigenvalue weighted by Crippen LogP contribution is 2.41. The first-order valence-electron chi connectivity index (χ1n) is 11.3. The zero-order chi connectivity index (χ0) is 22.1. The Balaban J connectivity index is 1.52. The molecule has 3 rings (SSSR count). The van der Waals surface area contributed by atoms with Crippen molar-refractivity contribution in [2.75, 3.05) is 6.61 Å². The van der Waals surface area contributed by atoms with Crippen molar-refractivity contribution in [1.82, 2.24) is 0 Å². The topological polar surface area (TPSA) is 44.8 Å². The molecule has 0 bridgehead atoms. The molecule has 1 atom stereocenters. The molecule has 1 unspecified atom stereocenters. The van der Waals surface area contributed by atoms with Crippen molar-refractivity contribution >= 4 is 5.97 Å². The summed E-state index contributed by atoms with van der Waals surface area (Å²) in [6, 6.07) is 15.2. The monoisotopic (exact) mass is 422 g/mol. The summed E-state index contributed by atoms with van der Waals surface area (Å²) in [5.41, 5.74) is 1.60. The normalized spacial score (nSPS) is 15.3. The van der Waals surface area contributed by atoms with Gasteiger partial charge in [0.25, 0.3) is 0 Å². The molecule has 0 aromatic heterocycles. The molecular weight excluding hydrogens is 388 g/mol. The van der Waals surface area contributed by atoms with Gasteiger partial charge in [-0.15, -0.1) is 0 Å². The van der Waals surface area contributed by atoms with E-state index in [1.165, 1.54) is 5.56 Å². The fourth-order valence-electron chi connectivity index (χ4n) is 3.80. The number of hydrogen-bond acceptors (Lipinski definition) is 4. The first kappa shape index (κ1) is 22.9. The number of carbonyl (C=O) groups excluding carboxylic acids is 1. The van der Waals surface area contributed by atoms with Gasteiger partial charge >= 0.3 is 5.97 Å². The summed E-state index contributed by atoms with van der Waals surface area (Å²) < 4.78 is 17.8. The van der Waals surface area contributed by atoms with Gasteiger partial charge in [0.1, 0.15) is 18.3 Å². The summed E-state index contributed by atoms with van der Waals surface area (Å²) in [6.07, 6.45) is 9.68. The Morgan fingerprint density at radius 1 is 1.10 bits per heavy atom. The van der Waals surface area contributed by atoms with Crippen LogP contribution in [-0.2, 0) is 11.2 Å². The standard InChI is InChI=1S/C27H34O4/c1-4-5-7-16-23(30-26(28)21-13-8-6-9-14-21)17-10-11-19-29-24-18-12-15-22-20-27(2,3)31-25(22)24/h6,8-15,18,23H,4-5,7,16-17,19-20H2,1-3H3/b11-10+. The molecule has 4 heteroatoms. The number of benzene rings is 2. The molecule has 0 radical (unpaired) electrons. The van der Waals surface area contributed by atoms with Crippen molar-refractivity contribution in [3.8, 4) is 11.5 Å². The Morgan fingerprint density at radius 2 is 1.90 bits per heavy atom. The van der Waals surface area contributed by atoms with E-state index in [4.69, 9.17) is 14.2 Å². The molecule has 0 saturated heterocycles. The number of hydrogen-bond donors (Lipinski definition) is 0. The van der Waals surface area contributed by atoms with Crippen LogP contribution in [0.2, 0.25) is 0 Å². The maximum atomic E-state index is 12.4. The van der Waals surface area contributed by atoms with Crippen LogP contribution in [0.3, 0.4) is 0 Å². The average Bonchev–Trinajstić information content (AvgIpc) is 3.08. The highest BCUT2D eigenvalue weighted by molar-refractivity contribution is 5.89. The lowest BCUT2D eigenvalue weighted by Crippen LogP contribution is -2.24. The molecule has 1 aliphatic heterocycles. The van der Waals surface area contributed by atoms with E-state index >= 15 is 0 Å². The molecule has 1 heterocycles. The third-order valence-electron chi connectivity index (χ3n) is 5.37. The molecule has 0 amide bonds. The summed E-state index contributed by atoms with van der Waals surface area (Å²) in [5.74, 6) is 1.38. The van der Waals surface area contributed by atoms with Crippen LogP contribution >= 0.6 is 0 Å². The molecule has 2 aromatic carbocycles. The Labute approximate surface area is 186 Å². The van der Waals surface area contributed by atoms with E-state index in [0.717, 1.165) is 43.6 Å². The van der Waals surface area contributed by atoms with E-state index < -0.39 is 0 Å². The molecular formula is C27H34O4. The Bertz CT molecular complexity index is 870. The fourth-order valence-corrected chi connectivity index (χ4v) is 3.80. The van der Waals surface area contributed by atoms with E-state index in [-0.39, 0.29) is 17.7 Å². The van der Waals surface area contributed by atoms with Gasteiger partial charge in [0.05, 0.1) is 5.56 Å². The summed E-state index contributed by atoms with van der Waals surface area (Å²) in [4.78, 5) is 12.4. The molecule has 0 spiro atoms. The van der Waals surface area contributed by atoms with Crippen molar-refractivity contribution in [3.05, 3.63) is 71.8 Å². The van der Waals surface area contributed by atoms with Gasteiger partial charge in [-0.1, -0.05) is 62.2 Å². The van der Waals surface area contributed by atoms with Crippen LogP contribution in [0.4, 0.5) is 0 Å². The molecule has 0 N–H and O–H groups in total. The number of ether oxygens (including phenoxy) is 3. The van der Waals surface area contributed by atoms with E-state index in [2.05, 4.69) is 26.8 Å². The second-order valence-corrected chi connectivity index (χ2v) is 8.69. The average molecular weight is 423 g/mol. The predicted molar refractivity (Wildman–Crippen MR) is 124 cm³/mol. The first-order chi connectivity index (χ1) is 15.0. The van der Waals surface area contributed by atoms with Crippen LogP contribution < -0.4 is 9.47 Å². The summed E-state index contributed by atoms with van der Waals surface area (Å²) >= 11 is 0. The summed E-state index contributed by atoms with van der Waals surface area (Å²) in [5, 5.41) is 0. The number of para-hydroxylation sites is 1.